The SMILES string of the molecule is C[C@@H]1CN(c2ncc(C(=O)O)cc2Cl)CCN1c1cc(-c2ccc(Cl)cc2)nc(N2CC[C@@H]2C)n1. The van der Waals surface area contributed by atoms with E-state index in [9.17, 15) is 9.90 Å². The predicted octanol–water partition coefficient (Wildman–Crippen LogP) is 4.86. The van der Waals surface area contributed by atoms with Gasteiger partial charge in [0, 0.05) is 61.1 Å². The summed E-state index contributed by atoms with van der Waals surface area (Å²) in [5.41, 5.74) is 1.94. The maximum absolute atomic E-state index is 11.2. The van der Waals surface area contributed by atoms with Crippen LogP contribution in [0.15, 0.2) is 42.6 Å². The molecule has 10 heteroatoms. The first kappa shape index (κ1) is 23.6. The van der Waals surface area contributed by atoms with Crippen LogP contribution in [-0.4, -0.2) is 64.3 Å². The number of carbonyl (C=O) groups is 1. The number of hydrogen-bond acceptors (Lipinski definition) is 7. The molecule has 8 nitrogen and oxygen atoms in total. The van der Waals surface area contributed by atoms with Gasteiger partial charge in [-0.25, -0.2) is 14.8 Å². The van der Waals surface area contributed by atoms with Gasteiger partial charge in [-0.05, 0) is 38.5 Å². The highest BCUT2D eigenvalue weighted by Crippen LogP contribution is 2.32. The summed E-state index contributed by atoms with van der Waals surface area (Å²) in [5.74, 6) is 1.18. The smallest absolute Gasteiger partial charge is 0.337 e. The number of nitrogens with zero attached hydrogens (tertiary/aromatic N) is 6. The van der Waals surface area contributed by atoms with Crippen molar-refractivity contribution < 1.29 is 9.90 Å². The van der Waals surface area contributed by atoms with Crippen molar-refractivity contribution in [2.24, 2.45) is 0 Å². The lowest BCUT2D eigenvalue weighted by molar-refractivity contribution is 0.0696. The van der Waals surface area contributed by atoms with Crippen LogP contribution in [0.4, 0.5) is 17.6 Å². The summed E-state index contributed by atoms with van der Waals surface area (Å²) in [5, 5.41) is 10.2. The van der Waals surface area contributed by atoms with E-state index in [1.165, 1.54) is 12.3 Å². The number of aromatic nitrogens is 3. The van der Waals surface area contributed by atoms with E-state index < -0.39 is 5.97 Å². The van der Waals surface area contributed by atoms with Crippen LogP contribution in [-0.2, 0) is 0 Å². The number of rotatable bonds is 5. The van der Waals surface area contributed by atoms with Crippen LogP contribution in [0.5, 0.6) is 0 Å². The van der Waals surface area contributed by atoms with Crippen LogP contribution in [0, 0.1) is 0 Å². The molecule has 3 aromatic rings. The Bertz CT molecular complexity index is 1260. The summed E-state index contributed by atoms with van der Waals surface area (Å²) in [6.45, 7) is 7.35. The summed E-state index contributed by atoms with van der Waals surface area (Å²) < 4.78 is 0. The van der Waals surface area contributed by atoms with Crippen LogP contribution in [0.3, 0.4) is 0 Å². The van der Waals surface area contributed by atoms with Crippen molar-refractivity contribution in [3.05, 3.63) is 58.2 Å². The highest BCUT2D eigenvalue weighted by Gasteiger charge is 2.30. The van der Waals surface area contributed by atoms with Gasteiger partial charge in [0.2, 0.25) is 5.95 Å². The highest BCUT2D eigenvalue weighted by molar-refractivity contribution is 6.33. The Morgan fingerprint density at radius 1 is 1.00 bits per heavy atom. The molecule has 5 rings (SSSR count). The minimum Gasteiger partial charge on any atom is -0.478 e. The number of anilines is 3. The minimum atomic E-state index is -1.04. The van der Waals surface area contributed by atoms with Crippen molar-refractivity contribution in [3.8, 4) is 11.3 Å². The zero-order chi connectivity index (χ0) is 24.7. The largest absolute Gasteiger partial charge is 0.478 e. The molecule has 1 N–H and O–H groups in total. The lowest BCUT2D eigenvalue weighted by Crippen LogP contribution is -2.53. The van der Waals surface area contributed by atoms with Crippen LogP contribution < -0.4 is 14.7 Å². The van der Waals surface area contributed by atoms with Gasteiger partial charge in [0.1, 0.15) is 11.6 Å². The van der Waals surface area contributed by atoms with Crippen molar-refractivity contribution in [2.45, 2.75) is 32.4 Å². The molecular weight excluding hydrogens is 487 g/mol. The third-order valence-electron chi connectivity index (χ3n) is 6.71. The number of benzene rings is 1. The molecule has 0 amide bonds. The Morgan fingerprint density at radius 2 is 1.77 bits per heavy atom. The quantitative estimate of drug-likeness (QED) is 0.518. The lowest BCUT2D eigenvalue weighted by atomic mass is 10.1. The van der Waals surface area contributed by atoms with Gasteiger partial charge in [0.25, 0.3) is 0 Å². The second kappa shape index (κ2) is 9.51. The summed E-state index contributed by atoms with van der Waals surface area (Å²) in [6.07, 6.45) is 2.48. The monoisotopic (exact) mass is 512 g/mol. The van der Waals surface area contributed by atoms with Gasteiger partial charge >= 0.3 is 5.97 Å². The molecule has 4 heterocycles. The molecule has 2 atom stereocenters. The molecule has 35 heavy (non-hydrogen) atoms. The molecule has 2 aliphatic rings. The van der Waals surface area contributed by atoms with Gasteiger partial charge in [-0.3, -0.25) is 0 Å². The molecule has 0 aliphatic carbocycles. The van der Waals surface area contributed by atoms with E-state index in [0.717, 1.165) is 36.0 Å². The lowest BCUT2D eigenvalue weighted by Gasteiger charge is -2.42. The second-order valence-corrected chi connectivity index (χ2v) is 9.92. The van der Waals surface area contributed by atoms with Gasteiger partial charge in [-0.2, -0.15) is 4.98 Å². The Morgan fingerprint density at radius 3 is 2.37 bits per heavy atom. The second-order valence-electron chi connectivity index (χ2n) is 9.07. The van der Waals surface area contributed by atoms with Crippen molar-refractivity contribution in [2.75, 3.05) is 40.9 Å². The van der Waals surface area contributed by atoms with Crippen LogP contribution >= 0.6 is 23.2 Å². The average molecular weight is 513 g/mol. The van der Waals surface area contributed by atoms with E-state index in [0.29, 0.717) is 41.5 Å². The van der Waals surface area contributed by atoms with Crippen LogP contribution in [0.2, 0.25) is 10.0 Å². The van der Waals surface area contributed by atoms with E-state index in [-0.39, 0.29) is 11.6 Å². The maximum atomic E-state index is 11.2. The molecule has 2 fully saturated rings. The maximum Gasteiger partial charge on any atom is 0.337 e. The number of hydrogen-bond donors (Lipinski definition) is 1. The number of aromatic carboxylic acids is 1. The predicted molar refractivity (Wildman–Crippen MR) is 139 cm³/mol. The normalized spacial score (nSPS) is 20.1. The van der Waals surface area contributed by atoms with Crippen LogP contribution in [0.25, 0.3) is 11.3 Å². The molecule has 182 valence electrons. The summed E-state index contributed by atoms with van der Waals surface area (Å²) in [7, 11) is 0. The first-order valence-electron chi connectivity index (χ1n) is 11.6. The van der Waals surface area contributed by atoms with E-state index in [2.05, 4.69) is 33.5 Å². The van der Waals surface area contributed by atoms with Crippen molar-refractivity contribution >= 4 is 46.8 Å². The first-order chi connectivity index (χ1) is 16.8. The fourth-order valence-electron chi connectivity index (χ4n) is 4.55. The molecule has 2 aliphatic heterocycles. The number of piperazine rings is 1. The number of carboxylic acid groups (broad SMARTS) is 1. The Balaban J connectivity index is 1.42. The molecule has 0 radical (unpaired) electrons. The van der Waals surface area contributed by atoms with Crippen molar-refractivity contribution in [1.82, 2.24) is 15.0 Å². The van der Waals surface area contributed by atoms with Crippen molar-refractivity contribution in [1.29, 1.82) is 0 Å². The zero-order valence-corrected chi connectivity index (χ0v) is 21.0. The van der Waals surface area contributed by atoms with Crippen molar-refractivity contribution in [3.63, 3.8) is 0 Å². The van der Waals surface area contributed by atoms with E-state index >= 15 is 0 Å². The van der Waals surface area contributed by atoms with E-state index in [1.54, 1.807) is 0 Å². The summed E-state index contributed by atoms with van der Waals surface area (Å²) in [6, 6.07) is 11.7. The standard InChI is InChI=1S/C25H26Cl2N6O2/c1-15-7-8-33(15)25-29-21(17-3-5-19(26)6-4-17)12-22(30-25)32-10-9-31(14-16(32)2)23-20(27)11-18(13-28-23)24(34)35/h3-6,11-13,15-16H,7-10,14H2,1-2H3,(H,34,35)/t15-,16+/m0/s1. The molecule has 1 aromatic carbocycles. The summed E-state index contributed by atoms with van der Waals surface area (Å²) in [4.78, 5) is 32.0. The Labute approximate surface area is 214 Å². The number of pyridine rings is 1. The molecule has 0 spiro atoms. The van der Waals surface area contributed by atoms with Gasteiger partial charge < -0.3 is 19.8 Å². The fourth-order valence-corrected chi connectivity index (χ4v) is 4.96. The highest BCUT2D eigenvalue weighted by atomic mass is 35.5. The molecular formula is C25H26Cl2N6O2. The van der Waals surface area contributed by atoms with E-state index in [4.69, 9.17) is 33.2 Å². The molecule has 2 saturated heterocycles. The molecule has 2 aromatic heterocycles. The van der Waals surface area contributed by atoms with Gasteiger partial charge in [0.05, 0.1) is 16.3 Å². The number of carboxylic acids is 1. The van der Waals surface area contributed by atoms with Gasteiger partial charge in [0.15, 0.2) is 0 Å². The minimum absolute atomic E-state index is 0.0777. The topological polar surface area (TPSA) is 85.7 Å². The third kappa shape index (κ3) is 4.73. The van der Waals surface area contributed by atoms with Gasteiger partial charge in [-0.1, -0.05) is 35.3 Å². The van der Waals surface area contributed by atoms with E-state index in [1.807, 2.05) is 30.3 Å². The Kier molecular flexibility index (Phi) is 6.42. The fraction of sp³-hybridized carbons (Fsp3) is 0.360. The average Bonchev–Trinajstić information content (AvgIpc) is 2.83. The molecule has 0 bridgehead atoms. The Hall–Kier alpha value is -3.10. The zero-order valence-electron chi connectivity index (χ0n) is 19.5. The first-order valence-corrected chi connectivity index (χ1v) is 12.4. The van der Waals surface area contributed by atoms with Crippen LogP contribution in [0.1, 0.15) is 30.6 Å². The summed E-state index contributed by atoms with van der Waals surface area (Å²) >= 11 is 12.5. The van der Waals surface area contributed by atoms with Gasteiger partial charge in [-0.15, -0.1) is 0 Å². The molecule has 0 saturated carbocycles. The molecule has 0 unspecified atom stereocenters. The number of halogens is 2. The third-order valence-corrected chi connectivity index (χ3v) is 7.24.